The lowest BCUT2D eigenvalue weighted by Crippen LogP contribution is -2.25. The van der Waals surface area contributed by atoms with E-state index >= 15 is 0 Å². The van der Waals surface area contributed by atoms with Crippen molar-refractivity contribution in [3.05, 3.63) is 71.7 Å². The van der Waals surface area contributed by atoms with Gasteiger partial charge in [0.2, 0.25) is 5.91 Å². The van der Waals surface area contributed by atoms with Crippen LogP contribution in [0.15, 0.2) is 60.4 Å². The first kappa shape index (κ1) is 13.7. The van der Waals surface area contributed by atoms with E-state index in [0.29, 0.717) is 12.0 Å². The van der Waals surface area contributed by atoms with Gasteiger partial charge in [0.25, 0.3) is 0 Å². The third-order valence-corrected chi connectivity index (χ3v) is 2.60. The second-order valence-corrected chi connectivity index (χ2v) is 4.17. The molecule has 0 saturated heterocycles. The number of nitrogens with one attached hydrogen (secondary N) is 1. The summed E-state index contributed by atoms with van der Waals surface area (Å²) in [7, 11) is 0. The molecule has 2 rings (SSSR count). The number of carbonyl (C=O) groups excluding carboxylic acids is 2. The SMILES string of the molecule is O=CC(=Cc1ccccc1)NC(=O)Cc1ccccn1. The van der Waals surface area contributed by atoms with Gasteiger partial charge >= 0.3 is 0 Å². The molecule has 1 heterocycles. The van der Waals surface area contributed by atoms with Gasteiger partial charge in [-0.2, -0.15) is 0 Å². The number of rotatable bonds is 5. The van der Waals surface area contributed by atoms with E-state index < -0.39 is 0 Å². The van der Waals surface area contributed by atoms with Gasteiger partial charge in [0, 0.05) is 11.9 Å². The topological polar surface area (TPSA) is 59.1 Å². The maximum absolute atomic E-state index is 11.8. The van der Waals surface area contributed by atoms with Crippen LogP contribution in [-0.2, 0) is 16.0 Å². The molecule has 100 valence electrons. The highest BCUT2D eigenvalue weighted by Crippen LogP contribution is 2.04. The van der Waals surface area contributed by atoms with E-state index in [2.05, 4.69) is 10.3 Å². The van der Waals surface area contributed by atoms with Crippen molar-refractivity contribution in [2.45, 2.75) is 6.42 Å². The van der Waals surface area contributed by atoms with Crippen LogP contribution in [0.1, 0.15) is 11.3 Å². The molecule has 4 nitrogen and oxygen atoms in total. The predicted molar refractivity (Wildman–Crippen MR) is 76.6 cm³/mol. The van der Waals surface area contributed by atoms with Gasteiger partial charge in [-0.05, 0) is 23.8 Å². The van der Waals surface area contributed by atoms with Crippen molar-refractivity contribution < 1.29 is 9.59 Å². The summed E-state index contributed by atoms with van der Waals surface area (Å²) in [6.45, 7) is 0. The van der Waals surface area contributed by atoms with Crippen molar-refractivity contribution in [2.24, 2.45) is 0 Å². The summed E-state index contributed by atoms with van der Waals surface area (Å²) in [4.78, 5) is 26.9. The molecule has 0 atom stereocenters. The molecular weight excluding hydrogens is 252 g/mol. The fourth-order valence-corrected chi connectivity index (χ4v) is 1.70. The third-order valence-electron chi connectivity index (χ3n) is 2.60. The average Bonchev–Trinajstić information content (AvgIpc) is 2.48. The highest BCUT2D eigenvalue weighted by atomic mass is 16.2. The smallest absolute Gasteiger partial charge is 0.230 e. The second-order valence-electron chi connectivity index (χ2n) is 4.17. The van der Waals surface area contributed by atoms with E-state index in [0.717, 1.165) is 5.56 Å². The van der Waals surface area contributed by atoms with Crippen molar-refractivity contribution in [3.63, 3.8) is 0 Å². The quantitative estimate of drug-likeness (QED) is 0.665. The zero-order chi connectivity index (χ0) is 14.2. The van der Waals surface area contributed by atoms with Crippen LogP contribution >= 0.6 is 0 Å². The molecule has 4 heteroatoms. The Morgan fingerprint density at radius 3 is 2.50 bits per heavy atom. The van der Waals surface area contributed by atoms with Gasteiger partial charge in [-0.1, -0.05) is 36.4 Å². The Balaban J connectivity index is 2.02. The van der Waals surface area contributed by atoms with Crippen LogP contribution in [-0.4, -0.2) is 17.2 Å². The van der Waals surface area contributed by atoms with Crippen LogP contribution in [0.5, 0.6) is 0 Å². The molecule has 0 aliphatic heterocycles. The first-order valence-electron chi connectivity index (χ1n) is 6.19. The van der Waals surface area contributed by atoms with Gasteiger partial charge in [-0.25, -0.2) is 0 Å². The number of nitrogens with zero attached hydrogens (tertiary/aromatic N) is 1. The lowest BCUT2D eigenvalue weighted by molar-refractivity contribution is -0.120. The molecule has 1 N–H and O–H groups in total. The first-order chi connectivity index (χ1) is 9.78. The van der Waals surface area contributed by atoms with Crippen molar-refractivity contribution in [2.75, 3.05) is 0 Å². The molecule has 0 unspecified atom stereocenters. The molecule has 0 bridgehead atoms. The van der Waals surface area contributed by atoms with Crippen LogP contribution in [0, 0.1) is 0 Å². The molecule has 20 heavy (non-hydrogen) atoms. The highest BCUT2D eigenvalue weighted by molar-refractivity contribution is 5.90. The lowest BCUT2D eigenvalue weighted by atomic mass is 10.2. The van der Waals surface area contributed by atoms with Gasteiger partial charge in [-0.15, -0.1) is 0 Å². The van der Waals surface area contributed by atoms with Gasteiger partial charge in [0.15, 0.2) is 6.29 Å². The zero-order valence-corrected chi connectivity index (χ0v) is 10.8. The summed E-state index contributed by atoms with van der Waals surface area (Å²) in [6.07, 6.45) is 4.02. The number of carbonyl (C=O) groups is 2. The number of amides is 1. The molecule has 0 saturated carbocycles. The molecule has 0 aliphatic rings. The number of benzene rings is 1. The van der Waals surface area contributed by atoms with E-state index in [1.54, 1.807) is 24.4 Å². The minimum absolute atomic E-state index is 0.140. The third kappa shape index (κ3) is 4.17. The fraction of sp³-hybridized carbons (Fsp3) is 0.0625. The number of aldehydes is 1. The maximum atomic E-state index is 11.8. The molecule has 2 aromatic rings. The van der Waals surface area contributed by atoms with E-state index in [-0.39, 0.29) is 18.0 Å². The maximum Gasteiger partial charge on any atom is 0.230 e. The first-order valence-corrected chi connectivity index (χ1v) is 6.19. The zero-order valence-electron chi connectivity index (χ0n) is 10.8. The Morgan fingerprint density at radius 2 is 1.85 bits per heavy atom. The second kappa shape index (κ2) is 6.99. The van der Waals surface area contributed by atoms with E-state index in [1.807, 2.05) is 36.4 Å². The number of pyridine rings is 1. The number of aromatic nitrogens is 1. The van der Waals surface area contributed by atoms with Gasteiger partial charge in [0.1, 0.15) is 0 Å². The standard InChI is InChI=1S/C16H14N2O2/c19-12-15(10-13-6-2-1-3-7-13)18-16(20)11-14-8-4-5-9-17-14/h1-10,12H,11H2,(H,18,20). The van der Waals surface area contributed by atoms with Crippen molar-refractivity contribution in [1.82, 2.24) is 10.3 Å². The Labute approximate surface area is 117 Å². The van der Waals surface area contributed by atoms with E-state index in [1.165, 1.54) is 0 Å². The van der Waals surface area contributed by atoms with Crippen LogP contribution < -0.4 is 5.32 Å². The Kier molecular flexibility index (Phi) is 4.78. The molecule has 0 radical (unpaired) electrons. The van der Waals surface area contributed by atoms with Gasteiger partial charge in [0.05, 0.1) is 12.1 Å². The van der Waals surface area contributed by atoms with Crippen LogP contribution in [0.25, 0.3) is 6.08 Å². The fourth-order valence-electron chi connectivity index (χ4n) is 1.70. The molecular formula is C16H14N2O2. The van der Waals surface area contributed by atoms with Gasteiger partial charge in [-0.3, -0.25) is 14.6 Å². The predicted octanol–water partition coefficient (Wildman–Crippen LogP) is 1.98. The normalized spacial score (nSPS) is 10.9. The highest BCUT2D eigenvalue weighted by Gasteiger charge is 2.06. The molecule has 0 aliphatic carbocycles. The summed E-state index contributed by atoms with van der Waals surface area (Å²) in [5.74, 6) is -0.266. The summed E-state index contributed by atoms with van der Waals surface area (Å²) in [6, 6.07) is 14.7. The number of allylic oxidation sites excluding steroid dienone is 1. The lowest BCUT2D eigenvalue weighted by Gasteiger charge is -2.04. The van der Waals surface area contributed by atoms with Crippen molar-refractivity contribution in [1.29, 1.82) is 0 Å². The average molecular weight is 266 g/mol. The Hall–Kier alpha value is -2.75. The van der Waals surface area contributed by atoms with Crippen LogP contribution in [0.4, 0.5) is 0 Å². The molecule has 1 aromatic heterocycles. The minimum atomic E-state index is -0.266. The monoisotopic (exact) mass is 266 g/mol. The van der Waals surface area contributed by atoms with E-state index in [4.69, 9.17) is 0 Å². The van der Waals surface area contributed by atoms with Crippen LogP contribution in [0.3, 0.4) is 0 Å². The molecule has 1 aromatic carbocycles. The summed E-state index contributed by atoms with van der Waals surface area (Å²) in [5.41, 5.74) is 1.75. The molecule has 0 spiro atoms. The summed E-state index contributed by atoms with van der Waals surface area (Å²) < 4.78 is 0. The number of hydrogen-bond acceptors (Lipinski definition) is 3. The summed E-state index contributed by atoms with van der Waals surface area (Å²) >= 11 is 0. The summed E-state index contributed by atoms with van der Waals surface area (Å²) in [5, 5.41) is 2.58. The molecule has 0 fully saturated rings. The van der Waals surface area contributed by atoms with Crippen molar-refractivity contribution >= 4 is 18.3 Å². The number of hydrogen-bond donors (Lipinski definition) is 1. The largest absolute Gasteiger partial charge is 0.323 e. The molecule has 1 amide bonds. The van der Waals surface area contributed by atoms with Gasteiger partial charge < -0.3 is 5.32 Å². The van der Waals surface area contributed by atoms with Crippen LogP contribution in [0.2, 0.25) is 0 Å². The Morgan fingerprint density at radius 1 is 1.10 bits per heavy atom. The van der Waals surface area contributed by atoms with E-state index in [9.17, 15) is 9.59 Å². The van der Waals surface area contributed by atoms with Crippen molar-refractivity contribution in [3.8, 4) is 0 Å². The minimum Gasteiger partial charge on any atom is -0.323 e. The Bertz CT molecular complexity index is 607.